The zero-order valence-electron chi connectivity index (χ0n) is 10.1. The third-order valence-electron chi connectivity index (χ3n) is 2.39. The third kappa shape index (κ3) is 3.71. The largest absolute Gasteiger partial charge is 0.456 e. The zero-order valence-corrected chi connectivity index (χ0v) is 10.9. The summed E-state index contributed by atoms with van der Waals surface area (Å²) in [6, 6.07) is 14.2. The first-order valence-corrected chi connectivity index (χ1v) is 6.09. The van der Waals surface area contributed by atoms with Crippen LogP contribution >= 0.6 is 11.6 Å². The number of amides is 1. The van der Waals surface area contributed by atoms with Gasteiger partial charge in [-0.2, -0.15) is 0 Å². The molecule has 4 nitrogen and oxygen atoms in total. The maximum Gasteiger partial charge on any atom is 0.238 e. The van der Waals surface area contributed by atoms with Crippen molar-refractivity contribution in [2.24, 2.45) is 5.73 Å². The molecule has 0 heterocycles. The highest BCUT2D eigenvalue weighted by Crippen LogP contribution is 2.29. The predicted octanol–water partition coefficient (Wildman–Crippen LogP) is 3.03. The Kier molecular flexibility index (Phi) is 4.39. The van der Waals surface area contributed by atoms with Crippen LogP contribution in [0.5, 0.6) is 11.5 Å². The lowest BCUT2D eigenvalue weighted by Crippen LogP contribution is -2.21. The van der Waals surface area contributed by atoms with Gasteiger partial charge in [0.1, 0.15) is 11.5 Å². The molecule has 98 valence electrons. The maximum absolute atomic E-state index is 11.1. The Hall–Kier alpha value is -2.04. The Labute approximate surface area is 116 Å². The molecule has 2 rings (SSSR count). The number of nitrogens with one attached hydrogen (secondary N) is 1. The molecule has 3 N–H and O–H groups in total. The fraction of sp³-hybridized carbons (Fsp3) is 0.0714. The quantitative estimate of drug-likeness (QED) is 0.902. The number of rotatable bonds is 4. The van der Waals surface area contributed by atoms with Crippen LogP contribution < -0.4 is 15.8 Å². The molecular weight excluding hydrogens is 264 g/mol. The van der Waals surface area contributed by atoms with Gasteiger partial charge in [0.2, 0.25) is 5.91 Å². The first-order valence-electron chi connectivity index (χ1n) is 5.71. The zero-order chi connectivity index (χ0) is 13.7. The Morgan fingerprint density at radius 3 is 2.47 bits per heavy atom. The van der Waals surface area contributed by atoms with E-state index in [-0.39, 0.29) is 12.5 Å². The van der Waals surface area contributed by atoms with Crippen LogP contribution in [0.15, 0.2) is 48.5 Å². The van der Waals surface area contributed by atoms with E-state index < -0.39 is 0 Å². The summed E-state index contributed by atoms with van der Waals surface area (Å²) in [5.41, 5.74) is 5.89. The SMILES string of the molecule is NCC(=O)Nc1ccc(Oc2ccccc2Cl)cc1. The van der Waals surface area contributed by atoms with Crippen LogP contribution in [0.2, 0.25) is 5.02 Å². The van der Waals surface area contributed by atoms with E-state index in [9.17, 15) is 4.79 Å². The van der Waals surface area contributed by atoms with Gasteiger partial charge in [0.15, 0.2) is 0 Å². The minimum absolute atomic E-state index is 0.0438. The second kappa shape index (κ2) is 6.22. The Bertz CT molecular complexity index is 570. The highest BCUT2D eigenvalue weighted by molar-refractivity contribution is 6.32. The van der Waals surface area contributed by atoms with Crippen LogP contribution in [0.25, 0.3) is 0 Å². The molecule has 19 heavy (non-hydrogen) atoms. The van der Waals surface area contributed by atoms with Crippen LogP contribution in [0.4, 0.5) is 5.69 Å². The number of hydrogen-bond donors (Lipinski definition) is 2. The molecule has 2 aromatic rings. The molecule has 0 aromatic heterocycles. The minimum atomic E-state index is -0.236. The number of ether oxygens (including phenoxy) is 1. The molecule has 0 fully saturated rings. The number of carbonyl (C=O) groups excluding carboxylic acids is 1. The molecule has 0 unspecified atom stereocenters. The molecule has 0 atom stereocenters. The van der Waals surface area contributed by atoms with Gasteiger partial charge in [0, 0.05) is 5.69 Å². The van der Waals surface area contributed by atoms with Gasteiger partial charge in [-0.3, -0.25) is 4.79 Å². The van der Waals surface area contributed by atoms with E-state index in [1.54, 1.807) is 36.4 Å². The van der Waals surface area contributed by atoms with Crippen LogP contribution in [0.3, 0.4) is 0 Å². The predicted molar refractivity (Wildman–Crippen MR) is 75.7 cm³/mol. The minimum Gasteiger partial charge on any atom is -0.456 e. The average Bonchev–Trinajstić information content (AvgIpc) is 2.43. The Morgan fingerprint density at radius 2 is 1.84 bits per heavy atom. The van der Waals surface area contributed by atoms with Crippen molar-refractivity contribution in [3.8, 4) is 11.5 Å². The fourth-order valence-corrected chi connectivity index (χ4v) is 1.65. The van der Waals surface area contributed by atoms with E-state index >= 15 is 0 Å². The summed E-state index contributed by atoms with van der Waals surface area (Å²) in [5, 5.41) is 3.19. The monoisotopic (exact) mass is 276 g/mol. The van der Waals surface area contributed by atoms with Gasteiger partial charge < -0.3 is 15.8 Å². The van der Waals surface area contributed by atoms with Gasteiger partial charge in [-0.15, -0.1) is 0 Å². The summed E-state index contributed by atoms with van der Waals surface area (Å²) in [4.78, 5) is 11.1. The molecule has 0 aliphatic rings. The van der Waals surface area contributed by atoms with Crippen LogP contribution in [0.1, 0.15) is 0 Å². The molecule has 1 amide bonds. The number of hydrogen-bond acceptors (Lipinski definition) is 3. The van der Waals surface area contributed by atoms with Crippen molar-refractivity contribution in [3.05, 3.63) is 53.6 Å². The van der Waals surface area contributed by atoms with Gasteiger partial charge in [-0.1, -0.05) is 23.7 Å². The average molecular weight is 277 g/mol. The number of para-hydroxylation sites is 1. The highest BCUT2D eigenvalue weighted by atomic mass is 35.5. The van der Waals surface area contributed by atoms with Crippen molar-refractivity contribution in [1.82, 2.24) is 0 Å². The van der Waals surface area contributed by atoms with Crippen molar-refractivity contribution < 1.29 is 9.53 Å². The molecule has 5 heteroatoms. The van der Waals surface area contributed by atoms with Crippen LogP contribution in [-0.2, 0) is 4.79 Å². The maximum atomic E-state index is 11.1. The standard InChI is InChI=1S/C14H13ClN2O2/c15-12-3-1-2-4-13(12)19-11-7-5-10(6-8-11)17-14(18)9-16/h1-8H,9,16H2,(H,17,18). The molecule has 0 aliphatic heterocycles. The summed E-state index contributed by atoms with van der Waals surface area (Å²) in [6.07, 6.45) is 0. The topological polar surface area (TPSA) is 64.4 Å². The smallest absolute Gasteiger partial charge is 0.238 e. The summed E-state index contributed by atoms with van der Waals surface area (Å²) in [7, 11) is 0. The first-order chi connectivity index (χ1) is 9.19. The lowest BCUT2D eigenvalue weighted by atomic mass is 10.3. The van der Waals surface area contributed by atoms with Crippen molar-refractivity contribution in [1.29, 1.82) is 0 Å². The molecular formula is C14H13ClN2O2. The summed E-state index contributed by atoms with van der Waals surface area (Å²) < 4.78 is 5.63. The van der Waals surface area contributed by atoms with E-state index in [1.807, 2.05) is 12.1 Å². The van der Waals surface area contributed by atoms with Crippen molar-refractivity contribution in [3.63, 3.8) is 0 Å². The van der Waals surface area contributed by atoms with Gasteiger partial charge in [0.25, 0.3) is 0 Å². The van der Waals surface area contributed by atoms with Crippen LogP contribution in [0, 0.1) is 0 Å². The van der Waals surface area contributed by atoms with Crippen molar-refractivity contribution in [2.45, 2.75) is 0 Å². The first kappa shape index (κ1) is 13.4. The van der Waals surface area contributed by atoms with Gasteiger partial charge in [0.05, 0.1) is 11.6 Å². The van der Waals surface area contributed by atoms with Crippen molar-refractivity contribution in [2.75, 3.05) is 11.9 Å². The highest BCUT2D eigenvalue weighted by Gasteiger charge is 2.03. The van der Waals surface area contributed by atoms with Gasteiger partial charge in [-0.25, -0.2) is 0 Å². The summed E-state index contributed by atoms with van der Waals surface area (Å²) in [6.45, 7) is -0.0438. The number of carbonyl (C=O) groups is 1. The molecule has 0 bridgehead atoms. The molecule has 0 saturated carbocycles. The molecule has 0 saturated heterocycles. The van der Waals surface area contributed by atoms with E-state index in [0.717, 1.165) is 0 Å². The van der Waals surface area contributed by atoms with E-state index in [4.69, 9.17) is 22.1 Å². The van der Waals surface area contributed by atoms with Gasteiger partial charge in [-0.05, 0) is 36.4 Å². The van der Waals surface area contributed by atoms with E-state index in [1.165, 1.54) is 0 Å². The fourth-order valence-electron chi connectivity index (χ4n) is 1.47. The summed E-state index contributed by atoms with van der Waals surface area (Å²) >= 11 is 6.00. The third-order valence-corrected chi connectivity index (χ3v) is 2.70. The second-order valence-corrected chi connectivity index (χ2v) is 4.22. The van der Waals surface area contributed by atoms with Crippen LogP contribution in [-0.4, -0.2) is 12.5 Å². The lowest BCUT2D eigenvalue weighted by Gasteiger charge is -2.08. The van der Waals surface area contributed by atoms with Crippen molar-refractivity contribution >= 4 is 23.2 Å². The molecule has 0 spiro atoms. The Morgan fingerprint density at radius 1 is 1.16 bits per heavy atom. The van der Waals surface area contributed by atoms with E-state index in [0.29, 0.717) is 22.2 Å². The number of anilines is 1. The van der Waals surface area contributed by atoms with Gasteiger partial charge >= 0.3 is 0 Å². The number of benzene rings is 2. The van der Waals surface area contributed by atoms with E-state index in [2.05, 4.69) is 5.32 Å². The normalized spacial score (nSPS) is 10.0. The Balaban J connectivity index is 2.07. The molecule has 0 aliphatic carbocycles. The number of halogens is 1. The lowest BCUT2D eigenvalue weighted by molar-refractivity contribution is -0.114. The summed E-state index contributed by atoms with van der Waals surface area (Å²) in [5.74, 6) is 0.988. The molecule has 2 aromatic carbocycles. The number of nitrogens with two attached hydrogens (primary N) is 1. The second-order valence-electron chi connectivity index (χ2n) is 3.81. The molecule has 0 radical (unpaired) electrons.